The molecular formula is C12H25ClN2O2S. The zero-order chi connectivity index (χ0) is 12.4. The van der Waals surface area contributed by atoms with Gasteiger partial charge in [-0.15, -0.1) is 12.4 Å². The van der Waals surface area contributed by atoms with Gasteiger partial charge in [0.2, 0.25) is 0 Å². The lowest BCUT2D eigenvalue weighted by Gasteiger charge is -2.22. The summed E-state index contributed by atoms with van der Waals surface area (Å²) in [5, 5.41) is 3.42. The van der Waals surface area contributed by atoms with Crippen LogP contribution < -0.4 is 5.32 Å². The van der Waals surface area contributed by atoms with Gasteiger partial charge in [-0.1, -0.05) is 6.92 Å². The predicted molar refractivity (Wildman–Crippen MR) is 77.2 cm³/mol. The first kappa shape index (κ1) is 16.2. The maximum absolute atomic E-state index is 11.7. The molecule has 2 aliphatic heterocycles. The van der Waals surface area contributed by atoms with Crippen LogP contribution in [0.3, 0.4) is 0 Å². The van der Waals surface area contributed by atoms with Gasteiger partial charge < -0.3 is 10.2 Å². The second kappa shape index (κ2) is 6.55. The van der Waals surface area contributed by atoms with Gasteiger partial charge in [-0.05, 0) is 37.8 Å². The molecule has 2 saturated heterocycles. The molecule has 0 saturated carbocycles. The molecule has 1 spiro atoms. The molecule has 2 aliphatic rings. The fraction of sp³-hybridized carbons (Fsp3) is 1.00. The molecule has 1 N–H and O–H groups in total. The van der Waals surface area contributed by atoms with Crippen LogP contribution >= 0.6 is 12.4 Å². The molecule has 0 aliphatic carbocycles. The summed E-state index contributed by atoms with van der Waals surface area (Å²) in [4.78, 5) is 2.33. The molecule has 2 rings (SSSR count). The lowest BCUT2D eigenvalue weighted by Crippen LogP contribution is -2.32. The van der Waals surface area contributed by atoms with E-state index in [4.69, 9.17) is 0 Å². The molecular weight excluding hydrogens is 272 g/mol. The number of nitrogens with zero attached hydrogens (tertiary/aromatic N) is 1. The standard InChI is InChI=1S/C12H24N2O2S.ClH/c1-2-8-17(15,16)9-7-14-6-4-12(11-14)3-5-13-10-12;/h13H,2-11H2,1H3;1H. The Morgan fingerprint density at radius 2 is 2.06 bits per heavy atom. The summed E-state index contributed by atoms with van der Waals surface area (Å²) < 4.78 is 23.3. The third-order valence-electron chi connectivity index (χ3n) is 4.08. The minimum atomic E-state index is -2.81. The maximum atomic E-state index is 11.7. The van der Waals surface area contributed by atoms with Crippen molar-refractivity contribution in [2.45, 2.75) is 26.2 Å². The summed E-state index contributed by atoms with van der Waals surface area (Å²) in [7, 11) is -2.81. The van der Waals surface area contributed by atoms with E-state index in [1.54, 1.807) is 0 Å². The molecule has 0 amide bonds. The average molecular weight is 297 g/mol. The van der Waals surface area contributed by atoms with E-state index >= 15 is 0 Å². The monoisotopic (exact) mass is 296 g/mol. The number of sulfone groups is 1. The number of hydrogen-bond acceptors (Lipinski definition) is 4. The van der Waals surface area contributed by atoms with Crippen molar-refractivity contribution in [1.82, 2.24) is 10.2 Å². The molecule has 1 unspecified atom stereocenters. The molecule has 108 valence electrons. The van der Waals surface area contributed by atoms with Crippen LogP contribution in [-0.4, -0.2) is 57.5 Å². The topological polar surface area (TPSA) is 49.4 Å². The number of halogens is 1. The van der Waals surface area contributed by atoms with Crippen molar-refractivity contribution in [1.29, 1.82) is 0 Å². The van der Waals surface area contributed by atoms with E-state index in [2.05, 4.69) is 10.2 Å². The zero-order valence-corrected chi connectivity index (χ0v) is 12.8. The summed E-state index contributed by atoms with van der Waals surface area (Å²) >= 11 is 0. The second-order valence-corrected chi connectivity index (χ2v) is 7.91. The summed E-state index contributed by atoms with van der Waals surface area (Å²) in [5.41, 5.74) is 0.453. The van der Waals surface area contributed by atoms with Crippen LogP contribution in [0.4, 0.5) is 0 Å². The fourth-order valence-electron chi connectivity index (χ4n) is 3.04. The Morgan fingerprint density at radius 3 is 2.67 bits per heavy atom. The van der Waals surface area contributed by atoms with Crippen LogP contribution in [0, 0.1) is 5.41 Å². The van der Waals surface area contributed by atoms with Crippen LogP contribution in [0.5, 0.6) is 0 Å². The highest BCUT2D eigenvalue weighted by atomic mass is 35.5. The third kappa shape index (κ3) is 4.08. The summed E-state index contributed by atoms with van der Waals surface area (Å²) in [6.45, 7) is 7.05. The number of rotatable bonds is 5. The maximum Gasteiger partial charge on any atom is 0.151 e. The van der Waals surface area contributed by atoms with Crippen molar-refractivity contribution in [3.05, 3.63) is 0 Å². The van der Waals surface area contributed by atoms with E-state index in [0.29, 0.717) is 16.9 Å². The van der Waals surface area contributed by atoms with Gasteiger partial charge >= 0.3 is 0 Å². The predicted octanol–water partition coefficient (Wildman–Crippen LogP) is 0.918. The van der Waals surface area contributed by atoms with Crippen molar-refractivity contribution < 1.29 is 8.42 Å². The van der Waals surface area contributed by atoms with E-state index in [1.807, 2.05) is 6.92 Å². The molecule has 18 heavy (non-hydrogen) atoms. The van der Waals surface area contributed by atoms with Gasteiger partial charge in [0.25, 0.3) is 0 Å². The molecule has 2 heterocycles. The van der Waals surface area contributed by atoms with Crippen LogP contribution in [0.2, 0.25) is 0 Å². The van der Waals surface area contributed by atoms with Crippen molar-refractivity contribution in [2.24, 2.45) is 5.41 Å². The first-order valence-electron chi connectivity index (χ1n) is 6.69. The van der Waals surface area contributed by atoms with Gasteiger partial charge in [0, 0.05) is 25.4 Å². The quantitative estimate of drug-likeness (QED) is 0.820. The van der Waals surface area contributed by atoms with Gasteiger partial charge in [-0.2, -0.15) is 0 Å². The van der Waals surface area contributed by atoms with Gasteiger partial charge in [0.1, 0.15) is 0 Å². The van der Waals surface area contributed by atoms with E-state index in [1.165, 1.54) is 12.8 Å². The molecule has 1 atom stereocenters. The van der Waals surface area contributed by atoms with Gasteiger partial charge in [-0.3, -0.25) is 0 Å². The number of nitrogens with one attached hydrogen (secondary N) is 1. The van der Waals surface area contributed by atoms with Crippen LogP contribution in [0.25, 0.3) is 0 Å². The summed E-state index contributed by atoms with van der Waals surface area (Å²) in [6.07, 6.45) is 3.22. The van der Waals surface area contributed by atoms with Gasteiger partial charge in [0.15, 0.2) is 9.84 Å². The Morgan fingerprint density at radius 1 is 1.28 bits per heavy atom. The van der Waals surface area contributed by atoms with E-state index in [-0.39, 0.29) is 12.4 Å². The third-order valence-corrected chi connectivity index (χ3v) is 5.92. The van der Waals surface area contributed by atoms with Crippen molar-refractivity contribution in [3.8, 4) is 0 Å². The Balaban J connectivity index is 0.00000162. The molecule has 2 fully saturated rings. The zero-order valence-electron chi connectivity index (χ0n) is 11.2. The smallest absolute Gasteiger partial charge is 0.151 e. The SMILES string of the molecule is CCCS(=O)(=O)CCN1CCC2(CCNC2)C1.Cl. The lowest BCUT2D eigenvalue weighted by atomic mass is 9.87. The molecule has 0 aromatic heterocycles. The molecule has 0 aromatic rings. The Hall–Kier alpha value is 0.160. The molecule has 6 heteroatoms. The lowest BCUT2D eigenvalue weighted by molar-refractivity contribution is 0.284. The van der Waals surface area contributed by atoms with Crippen LogP contribution in [0.1, 0.15) is 26.2 Å². The van der Waals surface area contributed by atoms with E-state index < -0.39 is 9.84 Å². The molecule has 0 radical (unpaired) electrons. The molecule has 0 bridgehead atoms. The highest BCUT2D eigenvalue weighted by Crippen LogP contribution is 2.35. The van der Waals surface area contributed by atoms with Crippen molar-refractivity contribution in [2.75, 3.05) is 44.2 Å². The van der Waals surface area contributed by atoms with Crippen molar-refractivity contribution in [3.63, 3.8) is 0 Å². The summed E-state index contributed by atoms with van der Waals surface area (Å²) in [6, 6.07) is 0. The Labute approximate surface area is 117 Å². The minimum absolute atomic E-state index is 0. The molecule has 4 nitrogen and oxygen atoms in total. The van der Waals surface area contributed by atoms with Gasteiger partial charge in [-0.25, -0.2) is 8.42 Å². The van der Waals surface area contributed by atoms with Gasteiger partial charge in [0.05, 0.1) is 5.75 Å². The second-order valence-electron chi connectivity index (χ2n) is 5.60. The van der Waals surface area contributed by atoms with Crippen LogP contribution in [0.15, 0.2) is 0 Å². The van der Waals surface area contributed by atoms with Crippen molar-refractivity contribution >= 4 is 22.2 Å². The number of likely N-dealkylation sites (tertiary alicyclic amines) is 1. The number of hydrogen-bond donors (Lipinski definition) is 1. The first-order valence-corrected chi connectivity index (χ1v) is 8.51. The highest BCUT2D eigenvalue weighted by Gasteiger charge is 2.40. The highest BCUT2D eigenvalue weighted by molar-refractivity contribution is 7.91. The fourth-order valence-corrected chi connectivity index (χ4v) is 4.41. The van der Waals surface area contributed by atoms with E-state index in [0.717, 1.165) is 39.1 Å². The molecule has 0 aromatic carbocycles. The first-order chi connectivity index (χ1) is 8.05. The van der Waals surface area contributed by atoms with E-state index in [9.17, 15) is 8.42 Å². The summed E-state index contributed by atoms with van der Waals surface area (Å²) in [5.74, 6) is 0.678. The average Bonchev–Trinajstić information content (AvgIpc) is 2.87. The van der Waals surface area contributed by atoms with Crippen LogP contribution in [-0.2, 0) is 9.84 Å². The largest absolute Gasteiger partial charge is 0.316 e. The normalized spacial score (nSPS) is 28.7. The Bertz CT molecular complexity index is 353. The Kier molecular flexibility index (Phi) is 5.90. The minimum Gasteiger partial charge on any atom is -0.316 e.